The highest BCUT2D eigenvalue weighted by Gasteiger charge is 2.20. The van der Waals surface area contributed by atoms with E-state index in [0.29, 0.717) is 18.7 Å². The van der Waals surface area contributed by atoms with Crippen molar-refractivity contribution in [3.05, 3.63) is 65.7 Å². The molecule has 0 spiro atoms. The molecule has 0 aliphatic rings. The molecule has 0 amide bonds. The molecule has 2 aromatic carbocycles. The Labute approximate surface area is 172 Å². The van der Waals surface area contributed by atoms with Gasteiger partial charge >= 0.3 is 5.97 Å². The maximum atomic E-state index is 12.5. The van der Waals surface area contributed by atoms with E-state index < -0.39 is 16.0 Å². The van der Waals surface area contributed by atoms with Crippen molar-refractivity contribution < 1.29 is 22.7 Å². The molecule has 7 heteroatoms. The summed E-state index contributed by atoms with van der Waals surface area (Å²) in [7, 11) is -3.49. The molecule has 0 heterocycles. The van der Waals surface area contributed by atoms with Gasteiger partial charge in [-0.15, -0.1) is 0 Å². The van der Waals surface area contributed by atoms with Crippen LogP contribution in [0.25, 0.3) is 6.08 Å². The number of hydrogen-bond donors (Lipinski definition) is 0. The van der Waals surface area contributed by atoms with E-state index in [1.54, 1.807) is 32.1 Å². The molecular weight excluding hydrogens is 390 g/mol. The van der Waals surface area contributed by atoms with Crippen LogP contribution in [-0.4, -0.2) is 45.0 Å². The number of esters is 1. The van der Waals surface area contributed by atoms with E-state index in [1.165, 1.54) is 22.5 Å². The van der Waals surface area contributed by atoms with Gasteiger partial charge in [-0.3, -0.25) is 0 Å². The molecule has 0 saturated carbocycles. The number of carbonyl (C=O) groups is 1. The molecule has 0 radical (unpaired) electrons. The third kappa shape index (κ3) is 6.73. The maximum absolute atomic E-state index is 12.5. The van der Waals surface area contributed by atoms with Gasteiger partial charge in [0.1, 0.15) is 19.0 Å². The molecule has 0 aliphatic carbocycles. The minimum atomic E-state index is -3.49. The number of benzene rings is 2. The van der Waals surface area contributed by atoms with E-state index in [0.717, 1.165) is 11.3 Å². The average Bonchev–Trinajstić information content (AvgIpc) is 2.71. The second kappa shape index (κ2) is 10.8. The third-order valence-corrected chi connectivity index (χ3v) is 6.29. The molecule has 2 rings (SSSR count). The molecule has 6 nitrogen and oxygen atoms in total. The van der Waals surface area contributed by atoms with Crippen molar-refractivity contribution in [1.29, 1.82) is 0 Å². The zero-order chi connectivity index (χ0) is 21.3. The largest absolute Gasteiger partial charge is 0.490 e. The zero-order valence-electron chi connectivity index (χ0n) is 17.0. The summed E-state index contributed by atoms with van der Waals surface area (Å²) in [5.74, 6) is 0.244. The van der Waals surface area contributed by atoms with Gasteiger partial charge in [0.05, 0.1) is 4.90 Å². The lowest BCUT2D eigenvalue weighted by atomic mass is 10.2. The van der Waals surface area contributed by atoms with E-state index in [-0.39, 0.29) is 18.1 Å². The molecule has 0 saturated heterocycles. The van der Waals surface area contributed by atoms with Crippen molar-refractivity contribution in [1.82, 2.24) is 4.31 Å². The van der Waals surface area contributed by atoms with Crippen molar-refractivity contribution in [3.63, 3.8) is 0 Å². The quantitative estimate of drug-likeness (QED) is 0.335. The van der Waals surface area contributed by atoms with Gasteiger partial charge in [0.25, 0.3) is 0 Å². The van der Waals surface area contributed by atoms with Gasteiger partial charge < -0.3 is 9.47 Å². The van der Waals surface area contributed by atoms with Gasteiger partial charge in [-0.05, 0) is 48.4 Å². The van der Waals surface area contributed by atoms with Crippen molar-refractivity contribution in [2.45, 2.75) is 25.7 Å². The van der Waals surface area contributed by atoms with E-state index >= 15 is 0 Å². The Morgan fingerprint density at radius 1 is 1.03 bits per heavy atom. The first kappa shape index (κ1) is 22.6. The smallest absolute Gasteiger partial charge is 0.330 e. The molecular formula is C22H27NO5S. The maximum Gasteiger partial charge on any atom is 0.330 e. The number of carbonyl (C=O) groups excluding carboxylic acids is 1. The van der Waals surface area contributed by atoms with Crippen LogP contribution in [0.1, 0.15) is 25.0 Å². The van der Waals surface area contributed by atoms with Crippen molar-refractivity contribution >= 4 is 22.1 Å². The summed E-state index contributed by atoms with van der Waals surface area (Å²) in [5, 5.41) is 0. The Hall–Kier alpha value is -2.64. The molecule has 0 aromatic heterocycles. The van der Waals surface area contributed by atoms with Crippen LogP contribution in [0.4, 0.5) is 0 Å². The Balaban J connectivity index is 1.84. The van der Waals surface area contributed by atoms with Gasteiger partial charge in [0, 0.05) is 19.2 Å². The average molecular weight is 418 g/mol. The number of aryl methyl sites for hydroxylation is 1. The van der Waals surface area contributed by atoms with E-state index in [9.17, 15) is 13.2 Å². The van der Waals surface area contributed by atoms with Crippen LogP contribution in [-0.2, 0) is 19.6 Å². The molecule has 0 bridgehead atoms. The fraction of sp³-hybridized carbons (Fsp3) is 0.318. The number of nitrogens with zero attached hydrogens (tertiary/aromatic N) is 1. The van der Waals surface area contributed by atoms with Crippen LogP contribution in [0.15, 0.2) is 59.5 Å². The Morgan fingerprint density at radius 3 is 2.34 bits per heavy atom. The Kier molecular flexibility index (Phi) is 8.42. The van der Waals surface area contributed by atoms with Crippen LogP contribution >= 0.6 is 0 Å². The third-order valence-electron chi connectivity index (χ3n) is 4.22. The molecule has 156 valence electrons. The molecule has 29 heavy (non-hydrogen) atoms. The molecule has 0 N–H and O–H groups in total. The first-order chi connectivity index (χ1) is 13.9. The highest BCUT2D eigenvalue weighted by Crippen LogP contribution is 2.17. The van der Waals surface area contributed by atoms with Crippen LogP contribution in [0.3, 0.4) is 0 Å². The van der Waals surface area contributed by atoms with Crippen LogP contribution < -0.4 is 4.74 Å². The minimum absolute atomic E-state index is 0.137. The predicted molar refractivity (Wildman–Crippen MR) is 113 cm³/mol. The van der Waals surface area contributed by atoms with E-state index in [1.807, 2.05) is 31.2 Å². The summed E-state index contributed by atoms with van der Waals surface area (Å²) in [6, 6.07) is 14.0. The summed E-state index contributed by atoms with van der Waals surface area (Å²) in [5.41, 5.74) is 1.80. The first-order valence-electron chi connectivity index (χ1n) is 9.51. The predicted octanol–water partition coefficient (Wildman–Crippen LogP) is 3.66. The molecule has 2 aromatic rings. The number of rotatable bonds is 10. The van der Waals surface area contributed by atoms with E-state index in [4.69, 9.17) is 9.47 Å². The summed E-state index contributed by atoms with van der Waals surface area (Å²) >= 11 is 0. The second-order valence-electron chi connectivity index (χ2n) is 6.32. The number of sulfonamides is 1. The van der Waals surface area contributed by atoms with Crippen LogP contribution in [0.2, 0.25) is 0 Å². The van der Waals surface area contributed by atoms with Crippen molar-refractivity contribution in [2.75, 3.05) is 26.3 Å². The minimum Gasteiger partial charge on any atom is -0.490 e. The molecule has 0 aliphatic heterocycles. The SMILES string of the molecule is CCN(CC)S(=O)(=O)c1ccc(/C=C/C(=O)OCCOc2cccc(C)c2)cc1. The summed E-state index contributed by atoms with van der Waals surface area (Å²) < 4.78 is 36.9. The normalized spacial score (nSPS) is 11.7. The Morgan fingerprint density at radius 2 is 1.72 bits per heavy atom. The van der Waals surface area contributed by atoms with Gasteiger partial charge in [0.15, 0.2) is 0 Å². The van der Waals surface area contributed by atoms with Crippen LogP contribution in [0.5, 0.6) is 5.75 Å². The Bertz CT molecular complexity index is 932. The first-order valence-corrected chi connectivity index (χ1v) is 10.9. The second-order valence-corrected chi connectivity index (χ2v) is 8.26. The highest BCUT2D eigenvalue weighted by atomic mass is 32.2. The fourth-order valence-electron chi connectivity index (χ4n) is 2.68. The lowest BCUT2D eigenvalue weighted by Crippen LogP contribution is -2.30. The molecule has 0 unspecified atom stereocenters. The van der Waals surface area contributed by atoms with Gasteiger partial charge in [-0.25, -0.2) is 13.2 Å². The summed E-state index contributed by atoms with van der Waals surface area (Å²) in [4.78, 5) is 12.0. The molecule has 0 atom stereocenters. The monoisotopic (exact) mass is 417 g/mol. The van der Waals surface area contributed by atoms with Crippen molar-refractivity contribution in [2.24, 2.45) is 0 Å². The standard InChI is InChI=1S/C22H27NO5S/c1-4-23(5-2)29(25,26)21-12-9-19(10-13-21)11-14-22(24)28-16-15-27-20-8-6-7-18(3)17-20/h6-14,17H,4-5,15-16H2,1-3H3/b14-11+. The van der Waals surface area contributed by atoms with Gasteiger partial charge in [-0.1, -0.05) is 38.1 Å². The summed E-state index contributed by atoms with van der Waals surface area (Å²) in [6.07, 6.45) is 2.89. The number of hydrogen-bond acceptors (Lipinski definition) is 5. The van der Waals surface area contributed by atoms with Crippen LogP contribution in [0, 0.1) is 6.92 Å². The highest BCUT2D eigenvalue weighted by molar-refractivity contribution is 7.89. The lowest BCUT2D eigenvalue weighted by Gasteiger charge is -2.18. The lowest BCUT2D eigenvalue weighted by molar-refractivity contribution is -0.138. The summed E-state index contributed by atoms with van der Waals surface area (Å²) in [6.45, 7) is 6.81. The van der Waals surface area contributed by atoms with E-state index in [2.05, 4.69) is 0 Å². The zero-order valence-corrected chi connectivity index (χ0v) is 17.8. The topological polar surface area (TPSA) is 72.9 Å². The molecule has 0 fully saturated rings. The van der Waals surface area contributed by atoms with Crippen molar-refractivity contribution in [3.8, 4) is 5.75 Å². The van der Waals surface area contributed by atoms with Gasteiger partial charge in [0.2, 0.25) is 10.0 Å². The fourth-order valence-corrected chi connectivity index (χ4v) is 4.14. The number of ether oxygens (including phenoxy) is 2. The van der Waals surface area contributed by atoms with Gasteiger partial charge in [-0.2, -0.15) is 4.31 Å².